The van der Waals surface area contributed by atoms with Gasteiger partial charge >= 0.3 is 0 Å². The lowest BCUT2D eigenvalue weighted by atomic mass is 9.96. The Balaban J connectivity index is 1.62. The summed E-state index contributed by atoms with van der Waals surface area (Å²) in [6.07, 6.45) is 3.55. The van der Waals surface area contributed by atoms with Crippen molar-refractivity contribution in [1.82, 2.24) is 9.71 Å². The first-order chi connectivity index (χ1) is 11.9. The molecule has 0 radical (unpaired) electrons. The third-order valence-electron chi connectivity index (χ3n) is 4.80. The van der Waals surface area contributed by atoms with Gasteiger partial charge in [-0.1, -0.05) is 23.7 Å². The molecule has 130 valence electrons. The summed E-state index contributed by atoms with van der Waals surface area (Å²) >= 11 is 6.00. The monoisotopic (exact) mass is 378 g/mol. The van der Waals surface area contributed by atoms with Crippen LogP contribution in [0.1, 0.15) is 18.4 Å². The van der Waals surface area contributed by atoms with Crippen molar-refractivity contribution in [3.8, 4) is 0 Å². The van der Waals surface area contributed by atoms with E-state index in [9.17, 15) is 12.8 Å². The molecular weight excluding hydrogens is 363 g/mol. The molecule has 4 nitrogen and oxygen atoms in total. The summed E-state index contributed by atoms with van der Waals surface area (Å²) in [5, 5.41) is 0.989. The van der Waals surface area contributed by atoms with Gasteiger partial charge in [-0.2, -0.15) is 0 Å². The van der Waals surface area contributed by atoms with E-state index in [0.717, 1.165) is 29.3 Å². The number of benzene rings is 2. The van der Waals surface area contributed by atoms with Crippen LogP contribution in [0.4, 0.5) is 4.39 Å². The van der Waals surface area contributed by atoms with Crippen molar-refractivity contribution >= 4 is 32.5 Å². The molecule has 0 atom stereocenters. The lowest BCUT2D eigenvalue weighted by Gasteiger charge is -2.16. The van der Waals surface area contributed by atoms with Gasteiger partial charge in [-0.15, -0.1) is 0 Å². The van der Waals surface area contributed by atoms with E-state index in [2.05, 4.69) is 9.71 Å². The van der Waals surface area contributed by atoms with E-state index in [0.29, 0.717) is 0 Å². The molecule has 0 aliphatic heterocycles. The molecule has 1 aliphatic rings. The van der Waals surface area contributed by atoms with Crippen LogP contribution in [0.2, 0.25) is 5.02 Å². The van der Waals surface area contributed by atoms with Crippen LogP contribution in [0.5, 0.6) is 0 Å². The predicted molar refractivity (Wildman–Crippen MR) is 95.8 cm³/mol. The van der Waals surface area contributed by atoms with E-state index in [-0.39, 0.29) is 27.7 Å². The molecule has 1 saturated carbocycles. The Kier molecular flexibility index (Phi) is 3.86. The average Bonchev–Trinajstić information content (AvgIpc) is 3.26. The fraction of sp³-hybridized carbons (Fsp3) is 0.222. The topological polar surface area (TPSA) is 62.0 Å². The Labute approximate surface area is 150 Å². The molecule has 4 rings (SSSR count). The largest absolute Gasteiger partial charge is 0.361 e. The first kappa shape index (κ1) is 16.6. The molecule has 7 heteroatoms. The second-order valence-corrected chi connectivity index (χ2v) is 8.57. The Morgan fingerprint density at radius 3 is 2.68 bits per heavy atom. The van der Waals surface area contributed by atoms with Crippen molar-refractivity contribution in [1.29, 1.82) is 0 Å². The van der Waals surface area contributed by atoms with Crippen LogP contribution < -0.4 is 4.72 Å². The molecule has 1 fully saturated rings. The van der Waals surface area contributed by atoms with E-state index >= 15 is 0 Å². The summed E-state index contributed by atoms with van der Waals surface area (Å²) in [6, 6.07) is 10.9. The molecule has 2 aromatic carbocycles. The van der Waals surface area contributed by atoms with E-state index < -0.39 is 10.0 Å². The van der Waals surface area contributed by atoms with Crippen molar-refractivity contribution in [2.75, 3.05) is 6.54 Å². The number of nitrogens with one attached hydrogen (secondary N) is 2. The molecule has 0 unspecified atom stereocenters. The molecule has 3 aromatic rings. The van der Waals surface area contributed by atoms with E-state index in [1.54, 1.807) is 24.3 Å². The van der Waals surface area contributed by atoms with Crippen molar-refractivity contribution in [2.45, 2.75) is 23.2 Å². The maximum absolute atomic E-state index is 13.6. The summed E-state index contributed by atoms with van der Waals surface area (Å²) < 4.78 is 41.4. The minimum atomic E-state index is -3.70. The van der Waals surface area contributed by atoms with Crippen LogP contribution in [0, 0.1) is 5.82 Å². The molecular formula is C18H16ClFN2O2S. The maximum Gasteiger partial charge on any atom is 0.242 e. The van der Waals surface area contributed by atoms with Crippen LogP contribution in [0.15, 0.2) is 53.6 Å². The zero-order valence-electron chi connectivity index (χ0n) is 13.2. The second-order valence-electron chi connectivity index (χ2n) is 6.43. The molecule has 1 aliphatic carbocycles. The van der Waals surface area contributed by atoms with E-state index in [1.807, 2.05) is 6.20 Å². The highest BCUT2D eigenvalue weighted by atomic mass is 35.5. The Bertz CT molecular complexity index is 1060. The normalized spacial score (nSPS) is 16.2. The highest BCUT2D eigenvalue weighted by Crippen LogP contribution is 2.50. The van der Waals surface area contributed by atoms with Crippen molar-refractivity contribution < 1.29 is 12.8 Å². The molecule has 0 amide bonds. The lowest BCUT2D eigenvalue weighted by Crippen LogP contribution is -2.32. The molecule has 0 bridgehead atoms. The van der Waals surface area contributed by atoms with Gasteiger partial charge in [0.15, 0.2) is 0 Å². The van der Waals surface area contributed by atoms with Crippen LogP contribution in [0.3, 0.4) is 0 Å². The third-order valence-corrected chi connectivity index (χ3v) is 6.70. The fourth-order valence-corrected chi connectivity index (χ4v) is 4.84. The standard InChI is InChI=1S/C18H16ClFN2O2S/c19-15-3-1-2-4-17(15)25(23,24)22-11-18(7-8-18)14-10-21-16-6-5-12(20)9-13(14)16/h1-6,9-10,21-22H,7-8,11H2. The molecule has 1 heterocycles. The smallest absolute Gasteiger partial charge is 0.242 e. The summed E-state index contributed by atoms with van der Waals surface area (Å²) in [5.41, 5.74) is 1.49. The molecule has 1 aromatic heterocycles. The summed E-state index contributed by atoms with van der Waals surface area (Å²) in [5.74, 6) is -0.305. The van der Waals surface area contributed by atoms with Gasteiger partial charge in [0.05, 0.1) is 5.02 Å². The maximum atomic E-state index is 13.6. The molecule has 0 saturated heterocycles. The minimum absolute atomic E-state index is 0.0671. The number of H-pyrrole nitrogens is 1. The number of rotatable bonds is 5. The van der Waals surface area contributed by atoms with E-state index in [1.165, 1.54) is 18.2 Å². The van der Waals surface area contributed by atoms with Crippen LogP contribution in [-0.2, 0) is 15.4 Å². The van der Waals surface area contributed by atoms with Gasteiger partial charge in [-0.05, 0) is 48.7 Å². The zero-order valence-corrected chi connectivity index (χ0v) is 14.8. The first-order valence-electron chi connectivity index (χ1n) is 7.93. The van der Waals surface area contributed by atoms with Gasteiger partial charge in [-0.3, -0.25) is 0 Å². The fourth-order valence-electron chi connectivity index (χ4n) is 3.20. The van der Waals surface area contributed by atoms with Crippen molar-refractivity contribution in [3.63, 3.8) is 0 Å². The number of aromatic nitrogens is 1. The third kappa shape index (κ3) is 2.94. The summed E-state index contributed by atoms with van der Waals surface area (Å²) in [7, 11) is -3.70. The highest BCUT2D eigenvalue weighted by Gasteiger charge is 2.46. The number of sulfonamides is 1. The van der Waals surface area contributed by atoms with Gasteiger partial charge in [0.2, 0.25) is 10.0 Å². The number of halogens is 2. The van der Waals surface area contributed by atoms with Gasteiger partial charge in [0.1, 0.15) is 10.7 Å². The number of aromatic amines is 1. The number of hydrogen-bond donors (Lipinski definition) is 2. The summed E-state index contributed by atoms with van der Waals surface area (Å²) in [6.45, 7) is 0.254. The van der Waals surface area contributed by atoms with Gasteiger partial charge in [0, 0.05) is 29.1 Å². The van der Waals surface area contributed by atoms with Crippen molar-refractivity contribution in [3.05, 3.63) is 65.1 Å². The van der Waals surface area contributed by atoms with Crippen LogP contribution in [0.25, 0.3) is 10.9 Å². The van der Waals surface area contributed by atoms with Gasteiger partial charge in [0.25, 0.3) is 0 Å². The Morgan fingerprint density at radius 1 is 1.20 bits per heavy atom. The van der Waals surface area contributed by atoms with Crippen LogP contribution in [-0.4, -0.2) is 19.9 Å². The Hall–Kier alpha value is -1.89. The lowest BCUT2D eigenvalue weighted by molar-refractivity contribution is 0.567. The minimum Gasteiger partial charge on any atom is -0.361 e. The number of fused-ring (bicyclic) bond motifs is 1. The summed E-state index contributed by atoms with van der Waals surface area (Å²) in [4.78, 5) is 3.20. The van der Waals surface area contributed by atoms with Crippen molar-refractivity contribution in [2.24, 2.45) is 0 Å². The quantitative estimate of drug-likeness (QED) is 0.705. The molecule has 0 spiro atoms. The SMILES string of the molecule is O=S(=O)(NCC1(c2c[nH]c3ccc(F)cc23)CC1)c1ccccc1Cl. The first-order valence-corrected chi connectivity index (χ1v) is 9.79. The van der Waals surface area contributed by atoms with Gasteiger partial charge in [-0.25, -0.2) is 17.5 Å². The molecule has 25 heavy (non-hydrogen) atoms. The number of hydrogen-bond acceptors (Lipinski definition) is 2. The predicted octanol–water partition coefficient (Wildman–Crippen LogP) is 3.97. The highest BCUT2D eigenvalue weighted by molar-refractivity contribution is 7.89. The second kappa shape index (κ2) is 5.83. The average molecular weight is 379 g/mol. The Morgan fingerprint density at radius 2 is 1.96 bits per heavy atom. The van der Waals surface area contributed by atoms with E-state index in [4.69, 9.17) is 11.6 Å². The van der Waals surface area contributed by atoms with Crippen LogP contribution >= 0.6 is 11.6 Å². The molecule has 2 N–H and O–H groups in total. The van der Waals surface area contributed by atoms with Gasteiger partial charge < -0.3 is 4.98 Å². The zero-order chi connectivity index (χ0) is 17.7.